The normalized spacial score (nSPS) is 10.4. The van der Waals surface area contributed by atoms with Crippen LogP contribution in [0, 0.1) is 0 Å². The van der Waals surface area contributed by atoms with E-state index in [9.17, 15) is 4.79 Å². The molecule has 0 saturated carbocycles. The smallest absolute Gasteiger partial charge is 0.360 e. The number of ether oxygens (including phenoxy) is 2. The summed E-state index contributed by atoms with van der Waals surface area (Å²) in [7, 11) is 1.66. The minimum Gasteiger partial charge on any atom is -0.461 e. The number of rotatable bonds is 7. The Morgan fingerprint density at radius 3 is 3.12 bits per heavy atom. The summed E-state index contributed by atoms with van der Waals surface area (Å²) < 4.78 is 14.8. The molecule has 16 heavy (non-hydrogen) atoms. The van der Waals surface area contributed by atoms with E-state index < -0.39 is 5.97 Å². The Kier molecular flexibility index (Phi) is 5.95. The van der Waals surface area contributed by atoms with E-state index in [1.165, 1.54) is 18.0 Å². The van der Waals surface area contributed by atoms with Gasteiger partial charge in [0.05, 0.1) is 6.61 Å². The highest BCUT2D eigenvalue weighted by molar-refractivity contribution is 7.99. The molecule has 0 N–H and O–H groups in total. The van der Waals surface area contributed by atoms with E-state index in [0.717, 1.165) is 12.2 Å². The number of hydrogen-bond acceptors (Lipinski definition) is 6. The van der Waals surface area contributed by atoms with Crippen LogP contribution in [0.15, 0.2) is 15.9 Å². The van der Waals surface area contributed by atoms with E-state index in [4.69, 9.17) is 13.9 Å². The highest BCUT2D eigenvalue weighted by Crippen LogP contribution is 2.18. The predicted octanol–water partition coefficient (Wildman–Crippen LogP) is 1.98. The van der Waals surface area contributed by atoms with E-state index >= 15 is 0 Å². The third-order valence-corrected chi connectivity index (χ3v) is 2.61. The van der Waals surface area contributed by atoms with Crippen molar-refractivity contribution < 1.29 is 18.7 Å². The second-order valence-corrected chi connectivity index (χ2v) is 3.96. The third-order valence-electron chi connectivity index (χ3n) is 1.69. The van der Waals surface area contributed by atoms with Crippen LogP contribution < -0.4 is 0 Å². The zero-order valence-electron chi connectivity index (χ0n) is 9.39. The topological polar surface area (TPSA) is 61.6 Å². The third kappa shape index (κ3) is 4.24. The lowest BCUT2D eigenvalue weighted by atomic mass is 10.5. The van der Waals surface area contributed by atoms with Gasteiger partial charge in [-0.15, -0.1) is 0 Å². The number of carbonyl (C=O) groups is 1. The molecule has 0 atom stereocenters. The first-order valence-corrected chi connectivity index (χ1v) is 6.01. The van der Waals surface area contributed by atoms with Gasteiger partial charge in [0.1, 0.15) is 6.26 Å². The summed E-state index contributed by atoms with van der Waals surface area (Å²) in [5.74, 6) is 0.395. The molecular weight excluding hydrogens is 230 g/mol. The monoisotopic (exact) mass is 245 g/mol. The Morgan fingerprint density at radius 2 is 2.44 bits per heavy atom. The molecule has 0 amide bonds. The van der Waals surface area contributed by atoms with Crippen molar-refractivity contribution in [2.24, 2.45) is 0 Å². The highest BCUT2D eigenvalue weighted by atomic mass is 32.2. The molecule has 0 aromatic carbocycles. The molecule has 5 nitrogen and oxygen atoms in total. The van der Waals surface area contributed by atoms with Crippen LogP contribution in [0.3, 0.4) is 0 Å². The molecule has 90 valence electrons. The lowest BCUT2D eigenvalue weighted by molar-refractivity contribution is 0.0519. The van der Waals surface area contributed by atoms with E-state index in [1.807, 2.05) is 0 Å². The Morgan fingerprint density at radius 1 is 1.62 bits per heavy atom. The van der Waals surface area contributed by atoms with Gasteiger partial charge in [-0.05, 0) is 13.3 Å². The van der Waals surface area contributed by atoms with Gasteiger partial charge in [0.25, 0.3) is 5.22 Å². The van der Waals surface area contributed by atoms with Gasteiger partial charge in [-0.2, -0.15) is 4.98 Å². The minimum atomic E-state index is -0.449. The lowest BCUT2D eigenvalue weighted by Gasteiger charge is -1.96. The number of esters is 1. The van der Waals surface area contributed by atoms with Crippen LogP contribution in [-0.4, -0.2) is 37.0 Å². The van der Waals surface area contributed by atoms with Gasteiger partial charge in [0.15, 0.2) is 5.69 Å². The molecule has 0 spiro atoms. The molecule has 0 radical (unpaired) electrons. The molecule has 1 aromatic heterocycles. The van der Waals surface area contributed by atoms with Crippen molar-refractivity contribution in [3.8, 4) is 0 Å². The second-order valence-electron chi connectivity index (χ2n) is 2.91. The van der Waals surface area contributed by atoms with Crippen LogP contribution in [0.25, 0.3) is 0 Å². The summed E-state index contributed by atoms with van der Waals surface area (Å²) in [4.78, 5) is 15.3. The molecule has 0 aliphatic rings. The quantitative estimate of drug-likeness (QED) is 0.416. The number of nitrogens with zero attached hydrogens (tertiary/aromatic N) is 1. The molecule has 1 aromatic rings. The first kappa shape index (κ1) is 13.1. The standard InChI is InChI=1S/C10H15NO4S/c1-3-14-9(12)8-7-15-10(11-8)16-6-4-5-13-2/h7H,3-6H2,1-2H3. The molecule has 0 bridgehead atoms. The van der Waals surface area contributed by atoms with Crippen molar-refractivity contribution in [1.29, 1.82) is 0 Å². The maximum Gasteiger partial charge on any atom is 0.360 e. The van der Waals surface area contributed by atoms with Crippen molar-refractivity contribution in [3.05, 3.63) is 12.0 Å². The lowest BCUT2D eigenvalue weighted by Crippen LogP contribution is -2.04. The number of aromatic nitrogens is 1. The van der Waals surface area contributed by atoms with Gasteiger partial charge < -0.3 is 13.9 Å². The highest BCUT2D eigenvalue weighted by Gasteiger charge is 2.12. The zero-order chi connectivity index (χ0) is 11.8. The van der Waals surface area contributed by atoms with Crippen molar-refractivity contribution in [2.45, 2.75) is 18.6 Å². The fourth-order valence-corrected chi connectivity index (χ4v) is 1.70. The number of methoxy groups -OCH3 is 1. The van der Waals surface area contributed by atoms with Crippen LogP contribution in [0.4, 0.5) is 0 Å². The molecule has 6 heteroatoms. The number of thioether (sulfide) groups is 1. The maximum atomic E-state index is 11.3. The largest absolute Gasteiger partial charge is 0.461 e. The molecule has 0 fully saturated rings. The fourth-order valence-electron chi connectivity index (χ4n) is 0.985. The maximum absolute atomic E-state index is 11.3. The first-order chi connectivity index (χ1) is 7.77. The van der Waals surface area contributed by atoms with Gasteiger partial charge in [0.2, 0.25) is 0 Å². The van der Waals surface area contributed by atoms with Gasteiger partial charge in [-0.25, -0.2) is 4.79 Å². The summed E-state index contributed by atoms with van der Waals surface area (Å²) in [5, 5.41) is 0.485. The van der Waals surface area contributed by atoms with Gasteiger partial charge >= 0.3 is 5.97 Å². The number of carbonyl (C=O) groups excluding carboxylic acids is 1. The second kappa shape index (κ2) is 7.29. The zero-order valence-corrected chi connectivity index (χ0v) is 10.2. The number of hydrogen-bond donors (Lipinski definition) is 0. The van der Waals surface area contributed by atoms with Crippen molar-refractivity contribution in [2.75, 3.05) is 26.1 Å². The Hall–Kier alpha value is -1.01. The number of oxazole rings is 1. The Balaban J connectivity index is 2.36. The van der Waals surface area contributed by atoms with Crippen LogP contribution in [-0.2, 0) is 9.47 Å². The van der Waals surface area contributed by atoms with Crippen LogP contribution >= 0.6 is 11.8 Å². The van der Waals surface area contributed by atoms with E-state index in [2.05, 4.69) is 4.98 Å². The molecule has 1 heterocycles. The summed E-state index contributed by atoms with van der Waals surface area (Å²) in [5.41, 5.74) is 0.219. The van der Waals surface area contributed by atoms with Gasteiger partial charge in [-0.3, -0.25) is 0 Å². The van der Waals surface area contributed by atoms with Crippen molar-refractivity contribution in [1.82, 2.24) is 4.98 Å². The molecule has 1 rings (SSSR count). The molecule has 0 aliphatic heterocycles. The minimum absolute atomic E-state index is 0.219. The van der Waals surface area contributed by atoms with E-state index in [1.54, 1.807) is 14.0 Å². The molecular formula is C10H15NO4S. The van der Waals surface area contributed by atoms with Crippen LogP contribution in [0.2, 0.25) is 0 Å². The summed E-state index contributed by atoms with van der Waals surface area (Å²) >= 11 is 1.45. The molecule has 0 unspecified atom stereocenters. The van der Waals surface area contributed by atoms with Crippen molar-refractivity contribution in [3.63, 3.8) is 0 Å². The van der Waals surface area contributed by atoms with E-state index in [-0.39, 0.29) is 5.69 Å². The van der Waals surface area contributed by atoms with Crippen LogP contribution in [0.5, 0.6) is 0 Å². The van der Waals surface area contributed by atoms with Gasteiger partial charge in [-0.1, -0.05) is 11.8 Å². The Bertz CT molecular complexity index is 326. The van der Waals surface area contributed by atoms with E-state index in [0.29, 0.717) is 18.4 Å². The molecule has 0 saturated heterocycles. The summed E-state index contributed by atoms with van der Waals surface area (Å²) in [6, 6.07) is 0. The average molecular weight is 245 g/mol. The predicted molar refractivity (Wildman–Crippen MR) is 59.7 cm³/mol. The Labute approximate surface area is 98.5 Å². The SMILES string of the molecule is CCOC(=O)c1coc(SCCCOC)n1. The van der Waals surface area contributed by atoms with Crippen molar-refractivity contribution >= 4 is 17.7 Å². The first-order valence-electron chi connectivity index (χ1n) is 5.02. The van der Waals surface area contributed by atoms with Gasteiger partial charge in [0, 0.05) is 19.5 Å². The summed E-state index contributed by atoms with van der Waals surface area (Å²) in [6.45, 7) is 2.79. The summed E-state index contributed by atoms with van der Waals surface area (Å²) in [6.07, 6.45) is 2.23. The average Bonchev–Trinajstić information content (AvgIpc) is 2.73. The fraction of sp³-hybridized carbons (Fsp3) is 0.600. The molecule has 0 aliphatic carbocycles. The van der Waals surface area contributed by atoms with Crippen LogP contribution in [0.1, 0.15) is 23.8 Å².